The zero-order chi connectivity index (χ0) is 15.1. The minimum atomic E-state index is -0.206. The van der Waals surface area contributed by atoms with Gasteiger partial charge in [0.2, 0.25) is 0 Å². The number of hydrogen-bond donors (Lipinski definition) is 1. The first kappa shape index (κ1) is 16.0. The lowest BCUT2D eigenvalue weighted by Crippen LogP contribution is -2.40. The highest BCUT2D eigenvalue weighted by Crippen LogP contribution is 2.26. The fraction of sp³-hybridized carbons (Fsp3) is 0.588. The molecular formula is C17H24FNO2. The van der Waals surface area contributed by atoms with Crippen molar-refractivity contribution in [1.82, 2.24) is 5.32 Å². The molecule has 0 amide bonds. The van der Waals surface area contributed by atoms with Crippen LogP contribution < -0.4 is 5.32 Å². The molecule has 1 aliphatic heterocycles. The second-order valence-electron chi connectivity index (χ2n) is 5.69. The smallest absolute Gasteiger partial charge is 0.305 e. The summed E-state index contributed by atoms with van der Waals surface area (Å²) in [7, 11) is 0. The Hall–Kier alpha value is -1.42. The summed E-state index contributed by atoms with van der Waals surface area (Å²) in [6.07, 6.45) is 5.42. The van der Waals surface area contributed by atoms with Gasteiger partial charge in [0.25, 0.3) is 0 Å². The first-order valence-electron chi connectivity index (χ1n) is 7.86. The zero-order valence-electron chi connectivity index (χ0n) is 12.6. The summed E-state index contributed by atoms with van der Waals surface area (Å²) in [6, 6.07) is 7.02. The number of carbonyl (C=O) groups excluding carboxylic acids is 1. The molecule has 0 radical (unpaired) electrons. The van der Waals surface area contributed by atoms with E-state index in [0.29, 0.717) is 13.0 Å². The van der Waals surface area contributed by atoms with Crippen molar-refractivity contribution in [2.24, 2.45) is 0 Å². The van der Waals surface area contributed by atoms with E-state index in [2.05, 4.69) is 12.2 Å². The monoisotopic (exact) mass is 293 g/mol. The van der Waals surface area contributed by atoms with Crippen LogP contribution in [0, 0.1) is 5.82 Å². The van der Waals surface area contributed by atoms with Gasteiger partial charge in [-0.1, -0.05) is 25.5 Å². The van der Waals surface area contributed by atoms with Gasteiger partial charge in [-0.15, -0.1) is 0 Å². The fourth-order valence-electron chi connectivity index (χ4n) is 2.72. The number of ether oxygens (including phenoxy) is 1. The van der Waals surface area contributed by atoms with Crippen LogP contribution in [0.3, 0.4) is 0 Å². The van der Waals surface area contributed by atoms with Gasteiger partial charge in [-0.25, -0.2) is 4.39 Å². The molecule has 0 aromatic heterocycles. The zero-order valence-corrected chi connectivity index (χ0v) is 12.6. The molecule has 1 saturated heterocycles. The summed E-state index contributed by atoms with van der Waals surface area (Å²) in [6.45, 7) is 2.47. The van der Waals surface area contributed by atoms with Crippen LogP contribution in [0.1, 0.15) is 57.1 Å². The van der Waals surface area contributed by atoms with Crippen molar-refractivity contribution in [3.8, 4) is 0 Å². The minimum absolute atomic E-state index is 0.119. The normalized spacial score (nSPS) is 22.0. The number of nitrogens with one attached hydrogen (secondary N) is 1. The number of carbonyl (C=O) groups is 1. The van der Waals surface area contributed by atoms with E-state index in [-0.39, 0.29) is 23.9 Å². The average molecular weight is 293 g/mol. The molecule has 3 nitrogen and oxygen atoms in total. The van der Waals surface area contributed by atoms with Crippen LogP contribution in [-0.4, -0.2) is 18.6 Å². The molecule has 2 rings (SSSR count). The first-order valence-corrected chi connectivity index (χ1v) is 7.86. The third-order valence-corrected chi connectivity index (χ3v) is 3.91. The molecule has 0 saturated carbocycles. The molecule has 1 aromatic carbocycles. The summed E-state index contributed by atoms with van der Waals surface area (Å²) in [5.74, 6) is -0.325. The number of esters is 1. The number of unbranched alkanes of at least 4 members (excludes halogenated alkanes) is 1. The van der Waals surface area contributed by atoms with Crippen molar-refractivity contribution < 1.29 is 13.9 Å². The molecule has 1 heterocycles. The molecule has 2 unspecified atom stereocenters. The molecule has 1 fully saturated rings. The number of halogens is 1. The molecule has 21 heavy (non-hydrogen) atoms. The predicted molar refractivity (Wildman–Crippen MR) is 80.4 cm³/mol. The van der Waals surface area contributed by atoms with Crippen LogP contribution in [0.2, 0.25) is 0 Å². The first-order chi connectivity index (χ1) is 10.2. The summed E-state index contributed by atoms with van der Waals surface area (Å²) < 4.78 is 18.6. The Morgan fingerprint density at radius 2 is 2.29 bits per heavy atom. The van der Waals surface area contributed by atoms with Crippen molar-refractivity contribution in [3.63, 3.8) is 0 Å². The van der Waals surface area contributed by atoms with Gasteiger partial charge in [-0.2, -0.15) is 0 Å². The maximum atomic E-state index is 13.3. The van der Waals surface area contributed by atoms with Crippen LogP contribution in [0.25, 0.3) is 0 Å². The Balaban J connectivity index is 1.82. The number of rotatable bonds is 6. The summed E-state index contributed by atoms with van der Waals surface area (Å²) in [4.78, 5) is 11.5. The van der Waals surface area contributed by atoms with Gasteiger partial charge < -0.3 is 10.1 Å². The average Bonchev–Trinajstić information content (AvgIpc) is 2.51. The number of piperidine rings is 1. The molecule has 116 valence electrons. The van der Waals surface area contributed by atoms with Crippen molar-refractivity contribution >= 4 is 5.97 Å². The van der Waals surface area contributed by atoms with Crippen molar-refractivity contribution in [2.75, 3.05) is 6.61 Å². The van der Waals surface area contributed by atoms with E-state index in [1.54, 1.807) is 12.1 Å². The van der Waals surface area contributed by atoms with Crippen molar-refractivity contribution in [3.05, 3.63) is 35.6 Å². The van der Waals surface area contributed by atoms with E-state index in [4.69, 9.17) is 4.74 Å². The van der Waals surface area contributed by atoms with Crippen LogP contribution in [0.5, 0.6) is 0 Å². The Morgan fingerprint density at radius 1 is 1.43 bits per heavy atom. The Labute approximate surface area is 125 Å². The van der Waals surface area contributed by atoms with E-state index < -0.39 is 0 Å². The molecule has 1 aromatic rings. The third kappa shape index (κ3) is 5.12. The maximum Gasteiger partial charge on any atom is 0.305 e. The Kier molecular flexibility index (Phi) is 6.18. The van der Waals surface area contributed by atoms with E-state index >= 15 is 0 Å². The van der Waals surface area contributed by atoms with Gasteiger partial charge in [0.05, 0.1) is 0 Å². The van der Waals surface area contributed by atoms with Gasteiger partial charge in [0.1, 0.15) is 12.4 Å². The Bertz CT molecular complexity index is 464. The lowest BCUT2D eigenvalue weighted by Gasteiger charge is -2.31. The summed E-state index contributed by atoms with van der Waals surface area (Å²) >= 11 is 0. The molecule has 1 N–H and O–H groups in total. The lowest BCUT2D eigenvalue weighted by atomic mass is 9.94. The van der Waals surface area contributed by atoms with E-state index in [1.165, 1.54) is 6.07 Å². The van der Waals surface area contributed by atoms with Crippen LogP contribution >= 0.6 is 0 Å². The molecule has 1 aliphatic rings. The highest BCUT2D eigenvalue weighted by molar-refractivity contribution is 5.69. The maximum absolute atomic E-state index is 13.3. The highest BCUT2D eigenvalue weighted by atomic mass is 19.1. The topological polar surface area (TPSA) is 38.3 Å². The molecule has 0 spiro atoms. The number of hydrogen-bond acceptors (Lipinski definition) is 3. The van der Waals surface area contributed by atoms with Gasteiger partial charge in [-0.3, -0.25) is 4.79 Å². The highest BCUT2D eigenvalue weighted by Gasteiger charge is 2.23. The second kappa shape index (κ2) is 8.13. The van der Waals surface area contributed by atoms with E-state index in [0.717, 1.165) is 37.7 Å². The van der Waals surface area contributed by atoms with Crippen molar-refractivity contribution in [2.45, 2.75) is 57.5 Å². The third-order valence-electron chi connectivity index (χ3n) is 3.91. The minimum Gasteiger partial charge on any atom is -0.464 e. The molecule has 0 aliphatic carbocycles. The second-order valence-corrected chi connectivity index (χ2v) is 5.69. The quantitative estimate of drug-likeness (QED) is 0.812. The Morgan fingerprint density at radius 3 is 3.05 bits per heavy atom. The van der Waals surface area contributed by atoms with Gasteiger partial charge in [0.15, 0.2) is 0 Å². The summed E-state index contributed by atoms with van der Waals surface area (Å²) in [5, 5.41) is 3.46. The van der Waals surface area contributed by atoms with E-state index in [1.807, 2.05) is 6.07 Å². The SMILES string of the molecule is CCCCC(=O)OCC1CCCC(c2cccc(F)c2)N1. The fourth-order valence-corrected chi connectivity index (χ4v) is 2.72. The molecule has 2 atom stereocenters. The van der Waals surface area contributed by atoms with Gasteiger partial charge in [0, 0.05) is 18.5 Å². The van der Waals surface area contributed by atoms with Crippen LogP contribution in [0.4, 0.5) is 4.39 Å². The van der Waals surface area contributed by atoms with Crippen molar-refractivity contribution in [1.29, 1.82) is 0 Å². The lowest BCUT2D eigenvalue weighted by molar-refractivity contribution is -0.144. The predicted octanol–water partition coefficient (Wildman–Crippen LogP) is 3.74. The number of benzene rings is 1. The summed E-state index contributed by atoms with van der Waals surface area (Å²) in [5.41, 5.74) is 0.969. The largest absolute Gasteiger partial charge is 0.464 e. The van der Waals surface area contributed by atoms with Gasteiger partial charge >= 0.3 is 5.97 Å². The standard InChI is InChI=1S/C17H24FNO2/c1-2-3-10-17(20)21-12-15-8-5-9-16(19-15)13-6-4-7-14(18)11-13/h4,6-7,11,15-16,19H,2-3,5,8-10,12H2,1H3. The van der Waals surface area contributed by atoms with Crippen LogP contribution in [0.15, 0.2) is 24.3 Å². The molecular weight excluding hydrogens is 269 g/mol. The van der Waals surface area contributed by atoms with Gasteiger partial charge in [-0.05, 0) is 43.4 Å². The molecule has 0 bridgehead atoms. The molecule has 4 heteroatoms. The van der Waals surface area contributed by atoms with Crippen LogP contribution in [-0.2, 0) is 9.53 Å². The van der Waals surface area contributed by atoms with E-state index in [9.17, 15) is 9.18 Å².